The number of nitrogens with one attached hydrogen (secondary N) is 1. The largest absolute Gasteiger partial charge is 0.480 e. The second kappa shape index (κ2) is 3.32. The lowest BCUT2D eigenvalue weighted by Gasteiger charge is -2.30. The molecular formula is C13H13NO3. The van der Waals surface area contributed by atoms with Crippen LogP contribution in [0.15, 0.2) is 24.3 Å². The van der Waals surface area contributed by atoms with E-state index in [2.05, 4.69) is 5.32 Å². The molecule has 1 aromatic rings. The van der Waals surface area contributed by atoms with E-state index in [1.807, 2.05) is 24.3 Å². The Bertz CT molecular complexity index is 505. The van der Waals surface area contributed by atoms with Crippen LogP contribution in [0.5, 0.6) is 0 Å². The summed E-state index contributed by atoms with van der Waals surface area (Å²) in [6.45, 7) is 0. The van der Waals surface area contributed by atoms with E-state index in [4.69, 9.17) is 5.11 Å². The van der Waals surface area contributed by atoms with Crippen LogP contribution in [-0.2, 0) is 16.0 Å². The van der Waals surface area contributed by atoms with Gasteiger partial charge < -0.3 is 10.4 Å². The summed E-state index contributed by atoms with van der Waals surface area (Å²) in [4.78, 5) is 23.0. The number of benzene rings is 1. The van der Waals surface area contributed by atoms with Gasteiger partial charge in [-0.15, -0.1) is 0 Å². The van der Waals surface area contributed by atoms with Crippen molar-refractivity contribution in [1.29, 1.82) is 0 Å². The summed E-state index contributed by atoms with van der Waals surface area (Å²) in [6, 6.07) is 7.79. The van der Waals surface area contributed by atoms with Gasteiger partial charge in [0.15, 0.2) is 0 Å². The maximum absolute atomic E-state index is 12.0. The molecule has 2 N–H and O–H groups in total. The zero-order valence-electron chi connectivity index (χ0n) is 9.27. The lowest BCUT2D eigenvalue weighted by Crippen LogP contribution is -2.47. The number of rotatable bonds is 3. The summed E-state index contributed by atoms with van der Waals surface area (Å²) >= 11 is 0. The Hall–Kier alpha value is -1.84. The van der Waals surface area contributed by atoms with Crippen LogP contribution in [0.4, 0.5) is 0 Å². The normalized spacial score (nSPS) is 23.2. The minimum absolute atomic E-state index is 0.149. The Kier molecular flexibility index (Phi) is 2.02. The molecule has 17 heavy (non-hydrogen) atoms. The minimum atomic E-state index is -0.971. The van der Waals surface area contributed by atoms with E-state index >= 15 is 0 Å². The molecule has 0 aliphatic heterocycles. The van der Waals surface area contributed by atoms with E-state index in [1.165, 1.54) is 5.56 Å². The van der Waals surface area contributed by atoms with Gasteiger partial charge in [0.2, 0.25) is 5.91 Å². The maximum atomic E-state index is 12.0. The van der Waals surface area contributed by atoms with Crippen molar-refractivity contribution in [2.75, 3.05) is 0 Å². The Morgan fingerprint density at radius 1 is 1.29 bits per heavy atom. The predicted molar refractivity (Wildman–Crippen MR) is 60.6 cm³/mol. The van der Waals surface area contributed by atoms with Crippen LogP contribution in [0, 0.1) is 0 Å². The summed E-state index contributed by atoms with van der Waals surface area (Å²) in [5.41, 5.74) is 1.25. The molecule has 88 valence electrons. The molecule has 0 radical (unpaired) electrons. The molecule has 0 aromatic heterocycles. The molecule has 2 aliphatic carbocycles. The first-order valence-electron chi connectivity index (χ1n) is 5.76. The lowest BCUT2D eigenvalue weighted by molar-refractivity contribution is -0.143. The third-order valence-electron chi connectivity index (χ3n) is 3.69. The van der Waals surface area contributed by atoms with Crippen LogP contribution in [-0.4, -0.2) is 22.5 Å². The standard InChI is InChI=1S/C13H13NO3/c15-11(14-13(5-6-13)12(16)17)10-7-8-3-1-2-4-9(8)10/h1-4,10H,5-7H2,(H,14,15)(H,16,17). The van der Waals surface area contributed by atoms with Gasteiger partial charge >= 0.3 is 5.97 Å². The molecule has 1 aromatic carbocycles. The van der Waals surface area contributed by atoms with E-state index in [0.717, 1.165) is 12.0 Å². The maximum Gasteiger partial charge on any atom is 0.329 e. The fourth-order valence-corrected chi connectivity index (χ4v) is 2.33. The number of hydrogen-bond acceptors (Lipinski definition) is 2. The topological polar surface area (TPSA) is 66.4 Å². The molecule has 4 nitrogen and oxygen atoms in total. The van der Waals surface area contributed by atoms with E-state index in [0.29, 0.717) is 12.8 Å². The van der Waals surface area contributed by atoms with E-state index in [9.17, 15) is 9.59 Å². The van der Waals surface area contributed by atoms with Gasteiger partial charge in [-0.25, -0.2) is 4.79 Å². The first-order chi connectivity index (χ1) is 8.12. The average Bonchev–Trinajstić information content (AvgIpc) is 3.01. The monoisotopic (exact) mass is 231 g/mol. The first kappa shape index (κ1) is 10.3. The van der Waals surface area contributed by atoms with Crippen molar-refractivity contribution in [2.45, 2.75) is 30.7 Å². The number of carboxylic acids is 1. The van der Waals surface area contributed by atoms with Gasteiger partial charge in [-0.2, -0.15) is 0 Å². The van der Waals surface area contributed by atoms with Crippen molar-refractivity contribution in [3.05, 3.63) is 35.4 Å². The van der Waals surface area contributed by atoms with Gasteiger partial charge in [-0.05, 0) is 30.4 Å². The molecule has 0 saturated heterocycles. The van der Waals surface area contributed by atoms with E-state index < -0.39 is 11.5 Å². The number of carboxylic acid groups (broad SMARTS) is 1. The molecule has 0 spiro atoms. The second-order valence-corrected chi connectivity index (χ2v) is 4.83. The van der Waals surface area contributed by atoms with Crippen molar-refractivity contribution < 1.29 is 14.7 Å². The first-order valence-corrected chi connectivity index (χ1v) is 5.76. The molecule has 1 saturated carbocycles. The van der Waals surface area contributed by atoms with Crippen LogP contribution in [0.1, 0.15) is 29.9 Å². The number of carbonyl (C=O) groups excluding carboxylic acids is 1. The zero-order chi connectivity index (χ0) is 12.0. The zero-order valence-corrected chi connectivity index (χ0v) is 9.27. The van der Waals surface area contributed by atoms with Gasteiger partial charge in [0.1, 0.15) is 5.54 Å². The SMILES string of the molecule is O=C(NC1(C(=O)O)CC1)C1Cc2ccccc21. The highest BCUT2D eigenvalue weighted by molar-refractivity contribution is 5.93. The van der Waals surface area contributed by atoms with Crippen molar-refractivity contribution in [3.63, 3.8) is 0 Å². The number of hydrogen-bond donors (Lipinski definition) is 2. The highest BCUT2D eigenvalue weighted by Crippen LogP contribution is 2.39. The number of aliphatic carboxylic acids is 1. The van der Waals surface area contributed by atoms with Crippen molar-refractivity contribution in [2.24, 2.45) is 0 Å². The van der Waals surface area contributed by atoms with Crippen molar-refractivity contribution >= 4 is 11.9 Å². The molecule has 1 amide bonds. The van der Waals surface area contributed by atoms with Gasteiger partial charge in [-0.3, -0.25) is 4.79 Å². The average molecular weight is 231 g/mol. The van der Waals surface area contributed by atoms with Gasteiger partial charge in [0.25, 0.3) is 0 Å². The Labute approximate surface area is 98.6 Å². The number of carbonyl (C=O) groups is 2. The van der Waals surface area contributed by atoms with Gasteiger partial charge in [0.05, 0.1) is 5.92 Å². The number of fused-ring (bicyclic) bond motifs is 1. The molecular weight excluding hydrogens is 218 g/mol. The summed E-state index contributed by atoms with van der Waals surface area (Å²) in [6.07, 6.45) is 1.81. The number of amides is 1. The Morgan fingerprint density at radius 3 is 2.59 bits per heavy atom. The lowest BCUT2D eigenvalue weighted by atomic mass is 9.77. The minimum Gasteiger partial charge on any atom is -0.480 e. The molecule has 3 rings (SSSR count). The Morgan fingerprint density at radius 2 is 2.00 bits per heavy atom. The van der Waals surface area contributed by atoms with Crippen molar-refractivity contribution in [1.82, 2.24) is 5.32 Å². The van der Waals surface area contributed by atoms with Gasteiger partial charge in [0, 0.05) is 0 Å². The molecule has 1 unspecified atom stereocenters. The van der Waals surface area contributed by atoms with E-state index in [1.54, 1.807) is 0 Å². The van der Waals surface area contributed by atoms with Crippen molar-refractivity contribution in [3.8, 4) is 0 Å². The van der Waals surface area contributed by atoms with Crippen LogP contribution >= 0.6 is 0 Å². The quantitative estimate of drug-likeness (QED) is 0.817. The molecule has 4 heteroatoms. The second-order valence-electron chi connectivity index (χ2n) is 4.83. The Balaban J connectivity index is 1.72. The fourth-order valence-electron chi connectivity index (χ4n) is 2.33. The van der Waals surface area contributed by atoms with Crippen LogP contribution in [0.2, 0.25) is 0 Å². The summed E-state index contributed by atoms with van der Waals surface area (Å²) in [5, 5.41) is 11.7. The highest BCUT2D eigenvalue weighted by atomic mass is 16.4. The summed E-state index contributed by atoms with van der Waals surface area (Å²) < 4.78 is 0. The van der Waals surface area contributed by atoms with Crippen LogP contribution < -0.4 is 5.32 Å². The van der Waals surface area contributed by atoms with Gasteiger partial charge in [-0.1, -0.05) is 24.3 Å². The molecule has 1 fully saturated rings. The third-order valence-corrected chi connectivity index (χ3v) is 3.69. The van der Waals surface area contributed by atoms with Crippen LogP contribution in [0.3, 0.4) is 0 Å². The molecule has 0 bridgehead atoms. The van der Waals surface area contributed by atoms with E-state index in [-0.39, 0.29) is 11.8 Å². The predicted octanol–water partition coefficient (Wildman–Crippen LogP) is 1.06. The smallest absolute Gasteiger partial charge is 0.329 e. The highest BCUT2D eigenvalue weighted by Gasteiger charge is 2.52. The summed E-state index contributed by atoms with van der Waals surface area (Å²) in [7, 11) is 0. The molecule has 2 aliphatic rings. The summed E-state index contributed by atoms with van der Waals surface area (Å²) in [5.74, 6) is -1.23. The molecule has 1 atom stereocenters. The molecule has 0 heterocycles. The van der Waals surface area contributed by atoms with Crippen LogP contribution in [0.25, 0.3) is 0 Å². The third kappa shape index (κ3) is 1.52. The fraction of sp³-hybridized carbons (Fsp3) is 0.385.